The summed E-state index contributed by atoms with van der Waals surface area (Å²) in [4.78, 5) is 12.5. The van der Waals surface area contributed by atoms with Crippen molar-refractivity contribution in [3.05, 3.63) is 53.7 Å². The largest absolute Gasteiger partial charge is 0.494 e. The van der Waals surface area contributed by atoms with Gasteiger partial charge in [-0.1, -0.05) is 19.9 Å². The molecule has 1 N–H and O–H groups in total. The summed E-state index contributed by atoms with van der Waals surface area (Å²) in [6.45, 7) is 4.56. The molecule has 0 unspecified atom stereocenters. The molecule has 7 heteroatoms. The zero-order valence-electron chi connectivity index (χ0n) is 18.0. The van der Waals surface area contributed by atoms with E-state index in [0.717, 1.165) is 41.8 Å². The van der Waals surface area contributed by atoms with Crippen LogP contribution >= 0.6 is 0 Å². The molecule has 0 radical (unpaired) electrons. The lowest BCUT2D eigenvalue weighted by Crippen LogP contribution is -2.21. The number of nitrogens with zero attached hydrogens (tertiary/aromatic N) is 2. The van der Waals surface area contributed by atoms with E-state index in [9.17, 15) is 13.6 Å². The molecule has 4 rings (SSSR count). The van der Waals surface area contributed by atoms with E-state index in [4.69, 9.17) is 9.84 Å². The Morgan fingerprint density at radius 2 is 1.84 bits per heavy atom. The molecule has 2 aromatic carbocycles. The number of nitrogens with one attached hydrogen (secondary N) is 1. The number of fused-ring (bicyclic) bond motifs is 1. The van der Waals surface area contributed by atoms with Crippen LogP contribution in [0.2, 0.25) is 0 Å². The van der Waals surface area contributed by atoms with E-state index in [1.807, 2.05) is 10.9 Å². The summed E-state index contributed by atoms with van der Waals surface area (Å²) in [5, 5.41) is 8.13. The topological polar surface area (TPSA) is 56.1 Å². The molecule has 0 atom stereocenters. The van der Waals surface area contributed by atoms with Gasteiger partial charge in [-0.15, -0.1) is 0 Å². The lowest BCUT2D eigenvalue weighted by Gasteiger charge is -2.30. The van der Waals surface area contributed by atoms with Gasteiger partial charge in [0.05, 0.1) is 24.4 Å². The fraction of sp³-hybridized carbons (Fsp3) is 0.417. The van der Waals surface area contributed by atoms with Crippen molar-refractivity contribution in [3.63, 3.8) is 0 Å². The Balaban J connectivity index is 1.60. The minimum atomic E-state index is -0.914. The number of aromatic nitrogens is 2. The highest BCUT2D eigenvalue weighted by Gasteiger charge is 2.25. The number of rotatable bonds is 5. The summed E-state index contributed by atoms with van der Waals surface area (Å²) >= 11 is 0. The van der Waals surface area contributed by atoms with Crippen LogP contribution in [0.5, 0.6) is 5.75 Å². The Kier molecular flexibility index (Phi) is 5.94. The average molecular weight is 427 g/mol. The Labute approximate surface area is 180 Å². The normalized spacial score (nSPS) is 19.0. The van der Waals surface area contributed by atoms with Crippen LogP contribution in [0.3, 0.4) is 0 Å². The second-order valence-corrected chi connectivity index (χ2v) is 8.58. The SMILES string of the molecule is COc1cc2nn([C@H]3CC[C@H](C(C)C)CC3)cc2cc1NC(=O)c1c(F)cccc1F. The third-order valence-electron chi connectivity index (χ3n) is 6.34. The van der Waals surface area contributed by atoms with E-state index < -0.39 is 23.1 Å². The van der Waals surface area contributed by atoms with Crippen LogP contribution in [0.25, 0.3) is 10.9 Å². The maximum atomic E-state index is 14.0. The number of hydrogen-bond donors (Lipinski definition) is 1. The third kappa shape index (κ3) is 4.27. The van der Waals surface area contributed by atoms with Crippen molar-refractivity contribution in [2.24, 2.45) is 11.8 Å². The number of benzene rings is 2. The molecule has 1 aromatic heterocycles. The van der Waals surface area contributed by atoms with Gasteiger partial charge in [0, 0.05) is 17.6 Å². The number of carbonyl (C=O) groups excluding carboxylic acids is 1. The average Bonchev–Trinajstić information content (AvgIpc) is 3.16. The van der Waals surface area contributed by atoms with Gasteiger partial charge in [-0.3, -0.25) is 9.48 Å². The molecule has 1 saturated carbocycles. The minimum absolute atomic E-state index is 0.339. The van der Waals surface area contributed by atoms with Crippen LogP contribution in [0.4, 0.5) is 14.5 Å². The number of anilines is 1. The fourth-order valence-corrected chi connectivity index (χ4v) is 4.46. The van der Waals surface area contributed by atoms with Crippen molar-refractivity contribution in [3.8, 4) is 5.75 Å². The van der Waals surface area contributed by atoms with E-state index in [2.05, 4.69) is 19.2 Å². The summed E-state index contributed by atoms with van der Waals surface area (Å²) in [6, 6.07) is 7.13. The highest BCUT2D eigenvalue weighted by Crippen LogP contribution is 2.37. The van der Waals surface area contributed by atoms with Crippen LogP contribution in [0, 0.1) is 23.5 Å². The molecule has 5 nitrogen and oxygen atoms in total. The van der Waals surface area contributed by atoms with Crippen molar-refractivity contribution in [2.45, 2.75) is 45.6 Å². The van der Waals surface area contributed by atoms with E-state index >= 15 is 0 Å². The number of amides is 1. The highest BCUT2D eigenvalue weighted by molar-refractivity contribution is 6.06. The quantitative estimate of drug-likeness (QED) is 0.546. The van der Waals surface area contributed by atoms with Gasteiger partial charge in [0.25, 0.3) is 5.91 Å². The molecule has 3 aromatic rings. The Hall–Kier alpha value is -2.96. The minimum Gasteiger partial charge on any atom is -0.494 e. The van der Waals surface area contributed by atoms with Crippen molar-refractivity contribution in [2.75, 3.05) is 12.4 Å². The standard InChI is InChI=1S/C24H27F2N3O2/c1-14(2)15-7-9-17(10-8-15)29-13-16-11-21(22(31-3)12-20(16)28-29)27-24(30)23-18(25)5-4-6-19(23)26/h4-6,11-15,17H,7-10H2,1-3H3,(H,27,30)/t15-,17-. The molecule has 1 amide bonds. The number of halogens is 2. The monoisotopic (exact) mass is 427 g/mol. The molecule has 1 aliphatic rings. The van der Waals surface area contributed by atoms with Crippen LogP contribution in [0.1, 0.15) is 55.9 Å². The zero-order chi connectivity index (χ0) is 22.1. The predicted octanol–water partition coefficient (Wildman–Crippen LogP) is 5.96. The Bertz CT molecular complexity index is 1080. The molecule has 1 fully saturated rings. The molecule has 0 aliphatic heterocycles. The van der Waals surface area contributed by atoms with Crippen molar-refractivity contribution in [1.82, 2.24) is 9.78 Å². The zero-order valence-corrected chi connectivity index (χ0v) is 18.0. The first-order chi connectivity index (χ1) is 14.9. The van der Waals surface area contributed by atoms with E-state index in [1.54, 1.807) is 12.1 Å². The van der Waals surface area contributed by atoms with E-state index in [0.29, 0.717) is 23.4 Å². The highest BCUT2D eigenvalue weighted by atomic mass is 19.1. The van der Waals surface area contributed by atoms with Gasteiger partial charge < -0.3 is 10.1 Å². The van der Waals surface area contributed by atoms with Gasteiger partial charge in [-0.05, 0) is 55.7 Å². The molecule has 1 aliphatic carbocycles. The number of hydrogen-bond acceptors (Lipinski definition) is 3. The van der Waals surface area contributed by atoms with Gasteiger partial charge in [0.2, 0.25) is 0 Å². The maximum absolute atomic E-state index is 14.0. The van der Waals surface area contributed by atoms with Crippen molar-refractivity contribution < 1.29 is 18.3 Å². The first-order valence-corrected chi connectivity index (χ1v) is 10.7. The fourth-order valence-electron chi connectivity index (χ4n) is 4.46. The molecule has 164 valence electrons. The first-order valence-electron chi connectivity index (χ1n) is 10.7. The Morgan fingerprint density at radius 3 is 2.45 bits per heavy atom. The lowest BCUT2D eigenvalue weighted by atomic mass is 9.80. The molecule has 0 bridgehead atoms. The summed E-state index contributed by atoms with van der Waals surface area (Å²) in [5.41, 5.74) is 0.464. The molecule has 0 spiro atoms. The smallest absolute Gasteiger partial charge is 0.261 e. The third-order valence-corrected chi connectivity index (χ3v) is 6.34. The van der Waals surface area contributed by atoms with E-state index in [1.165, 1.54) is 26.0 Å². The summed E-state index contributed by atoms with van der Waals surface area (Å²) in [5.74, 6) is -0.849. The van der Waals surface area contributed by atoms with Gasteiger partial charge in [-0.25, -0.2) is 8.78 Å². The summed E-state index contributed by atoms with van der Waals surface area (Å²) in [7, 11) is 1.48. The number of ether oxygens (including phenoxy) is 1. The first kappa shape index (κ1) is 21.3. The van der Waals surface area contributed by atoms with Crippen LogP contribution < -0.4 is 10.1 Å². The Morgan fingerprint density at radius 1 is 1.16 bits per heavy atom. The van der Waals surface area contributed by atoms with Crippen LogP contribution in [-0.4, -0.2) is 22.8 Å². The van der Waals surface area contributed by atoms with E-state index in [-0.39, 0.29) is 0 Å². The molecule has 0 saturated heterocycles. The van der Waals surface area contributed by atoms with Gasteiger partial charge >= 0.3 is 0 Å². The molecular formula is C24H27F2N3O2. The second-order valence-electron chi connectivity index (χ2n) is 8.58. The van der Waals surface area contributed by atoms with Gasteiger partial charge in [0.1, 0.15) is 22.9 Å². The number of carbonyl (C=O) groups is 1. The van der Waals surface area contributed by atoms with Gasteiger partial charge in [-0.2, -0.15) is 5.10 Å². The summed E-state index contributed by atoms with van der Waals surface area (Å²) < 4.78 is 35.4. The predicted molar refractivity (Wildman–Crippen MR) is 116 cm³/mol. The maximum Gasteiger partial charge on any atom is 0.261 e. The molecular weight excluding hydrogens is 400 g/mol. The van der Waals surface area contributed by atoms with Gasteiger partial charge in [0.15, 0.2) is 0 Å². The summed E-state index contributed by atoms with van der Waals surface area (Å²) in [6.07, 6.45) is 6.53. The van der Waals surface area contributed by atoms with Crippen molar-refractivity contribution >= 4 is 22.5 Å². The lowest BCUT2D eigenvalue weighted by molar-refractivity contribution is 0.101. The van der Waals surface area contributed by atoms with Crippen LogP contribution in [-0.2, 0) is 0 Å². The second kappa shape index (κ2) is 8.65. The van der Waals surface area contributed by atoms with Crippen molar-refractivity contribution in [1.29, 1.82) is 0 Å². The van der Waals surface area contributed by atoms with Crippen LogP contribution in [0.15, 0.2) is 36.5 Å². The molecule has 31 heavy (non-hydrogen) atoms. The molecule has 1 heterocycles. The number of methoxy groups -OCH3 is 1.